The summed E-state index contributed by atoms with van der Waals surface area (Å²) in [7, 11) is 0. The highest BCUT2D eigenvalue weighted by Gasteiger charge is 2.26. The van der Waals surface area contributed by atoms with Crippen molar-refractivity contribution in [1.82, 2.24) is 0 Å². The van der Waals surface area contributed by atoms with Crippen LogP contribution in [0.15, 0.2) is 45.6 Å². The Kier molecular flexibility index (Phi) is 5.31. The van der Waals surface area contributed by atoms with Gasteiger partial charge in [-0.3, -0.25) is 0 Å². The van der Waals surface area contributed by atoms with Gasteiger partial charge in [0.05, 0.1) is 17.1 Å². The number of ether oxygens (including phenoxy) is 1. The topological polar surface area (TPSA) is 42.7 Å². The maximum Gasteiger partial charge on any atom is 0.336 e. The van der Waals surface area contributed by atoms with E-state index in [2.05, 4.69) is 30.9 Å². The Labute approximate surface area is 169 Å². The lowest BCUT2D eigenvalue weighted by Gasteiger charge is -2.32. The number of unbranched alkanes of at least 4 members (excludes halogenated alkanes) is 1. The standard InChI is InChI=1S/C23H24ClNO3/c1-3-5-8-16-11-21(26)28-22-17(16)12-19(24)23-18(22)13-25(14-27-23)20-10-7-6-9-15(20)4-2/h6-7,9-12H,3-5,8,13-14H2,1-2H3. The fraction of sp³-hybridized carbons (Fsp3) is 0.348. The van der Waals surface area contributed by atoms with Gasteiger partial charge in [0.25, 0.3) is 0 Å². The first-order valence-electron chi connectivity index (χ1n) is 9.86. The summed E-state index contributed by atoms with van der Waals surface area (Å²) in [6.07, 6.45) is 3.84. The van der Waals surface area contributed by atoms with Gasteiger partial charge in [0.2, 0.25) is 0 Å². The van der Waals surface area contributed by atoms with Crippen LogP contribution in [0.4, 0.5) is 5.69 Å². The van der Waals surface area contributed by atoms with Crippen LogP contribution < -0.4 is 15.3 Å². The molecule has 146 valence electrons. The third-order valence-electron chi connectivity index (χ3n) is 5.35. The monoisotopic (exact) mass is 397 g/mol. The summed E-state index contributed by atoms with van der Waals surface area (Å²) < 4.78 is 11.7. The average Bonchev–Trinajstić information content (AvgIpc) is 2.72. The summed E-state index contributed by atoms with van der Waals surface area (Å²) in [5.74, 6) is 0.621. The molecule has 3 aromatic rings. The minimum Gasteiger partial charge on any atom is -0.471 e. The van der Waals surface area contributed by atoms with Crippen molar-refractivity contribution < 1.29 is 9.15 Å². The number of benzene rings is 2. The second kappa shape index (κ2) is 7.88. The molecule has 0 spiro atoms. The molecule has 1 aliphatic heterocycles. The zero-order valence-corrected chi connectivity index (χ0v) is 17.0. The van der Waals surface area contributed by atoms with E-state index in [1.807, 2.05) is 18.2 Å². The summed E-state index contributed by atoms with van der Waals surface area (Å²) in [4.78, 5) is 14.4. The lowest BCUT2D eigenvalue weighted by atomic mass is 10.0. The van der Waals surface area contributed by atoms with Crippen LogP contribution in [0.5, 0.6) is 5.75 Å². The number of hydrogen-bond donors (Lipinski definition) is 0. The van der Waals surface area contributed by atoms with Crippen molar-refractivity contribution in [2.75, 3.05) is 11.6 Å². The number of hydrogen-bond acceptors (Lipinski definition) is 4. The van der Waals surface area contributed by atoms with E-state index in [1.54, 1.807) is 6.07 Å². The zero-order valence-electron chi connectivity index (χ0n) is 16.3. The minimum atomic E-state index is -0.325. The number of halogens is 1. The average molecular weight is 398 g/mol. The van der Waals surface area contributed by atoms with E-state index in [0.29, 0.717) is 29.6 Å². The first kappa shape index (κ1) is 18.9. The summed E-state index contributed by atoms with van der Waals surface area (Å²) >= 11 is 6.56. The van der Waals surface area contributed by atoms with Crippen LogP contribution in [0.25, 0.3) is 11.0 Å². The second-order valence-corrected chi connectivity index (χ2v) is 7.60. The Bertz CT molecular complexity index is 1070. The van der Waals surface area contributed by atoms with E-state index < -0.39 is 0 Å². The highest BCUT2D eigenvalue weighted by atomic mass is 35.5. The molecule has 4 nitrogen and oxygen atoms in total. The maximum atomic E-state index is 12.2. The lowest BCUT2D eigenvalue weighted by Crippen LogP contribution is -2.33. The van der Waals surface area contributed by atoms with Crippen molar-refractivity contribution in [2.24, 2.45) is 0 Å². The molecular formula is C23H24ClNO3. The van der Waals surface area contributed by atoms with Gasteiger partial charge < -0.3 is 14.1 Å². The number of anilines is 1. The zero-order chi connectivity index (χ0) is 19.7. The Morgan fingerprint density at radius 1 is 1.14 bits per heavy atom. The van der Waals surface area contributed by atoms with Gasteiger partial charge in [-0.25, -0.2) is 4.79 Å². The van der Waals surface area contributed by atoms with E-state index in [4.69, 9.17) is 20.8 Å². The molecule has 2 aromatic carbocycles. The predicted octanol–water partition coefficient (Wildman–Crippen LogP) is 5.71. The third kappa shape index (κ3) is 3.37. The van der Waals surface area contributed by atoms with Crippen molar-refractivity contribution in [2.45, 2.75) is 46.1 Å². The molecule has 0 radical (unpaired) electrons. The molecule has 0 N–H and O–H groups in total. The van der Waals surface area contributed by atoms with Crippen LogP contribution in [0.1, 0.15) is 43.4 Å². The second-order valence-electron chi connectivity index (χ2n) is 7.19. The molecule has 2 heterocycles. The van der Waals surface area contributed by atoms with Crippen molar-refractivity contribution in [3.05, 3.63) is 68.5 Å². The highest BCUT2D eigenvalue weighted by Crippen LogP contribution is 2.40. The molecule has 0 aliphatic carbocycles. The van der Waals surface area contributed by atoms with Crippen molar-refractivity contribution in [3.8, 4) is 5.75 Å². The normalized spacial score (nSPS) is 13.5. The summed E-state index contributed by atoms with van der Waals surface area (Å²) in [5.41, 5.74) is 4.49. The van der Waals surface area contributed by atoms with Crippen LogP contribution in [-0.4, -0.2) is 6.73 Å². The molecule has 1 aliphatic rings. The van der Waals surface area contributed by atoms with Gasteiger partial charge in [0.15, 0.2) is 6.73 Å². The van der Waals surface area contributed by atoms with E-state index in [0.717, 1.165) is 47.9 Å². The molecule has 1 aromatic heterocycles. The van der Waals surface area contributed by atoms with Crippen molar-refractivity contribution in [1.29, 1.82) is 0 Å². The van der Waals surface area contributed by atoms with Crippen molar-refractivity contribution in [3.63, 3.8) is 0 Å². The van der Waals surface area contributed by atoms with Crippen LogP contribution in [-0.2, 0) is 19.4 Å². The van der Waals surface area contributed by atoms with Gasteiger partial charge in [0, 0.05) is 17.1 Å². The summed E-state index contributed by atoms with van der Waals surface area (Å²) in [6, 6.07) is 11.8. The van der Waals surface area contributed by atoms with Crippen LogP contribution in [0.2, 0.25) is 5.02 Å². The predicted molar refractivity (Wildman–Crippen MR) is 114 cm³/mol. The molecule has 0 bridgehead atoms. The molecular weight excluding hydrogens is 374 g/mol. The quantitative estimate of drug-likeness (QED) is 0.517. The van der Waals surface area contributed by atoms with Gasteiger partial charge in [-0.15, -0.1) is 0 Å². The van der Waals surface area contributed by atoms with Crippen LogP contribution in [0, 0.1) is 0 Å². The largest absolute Gasteiger partial charge is 0.471 e. The Morgan fingerprint density at radius 2 is 1.96 bits per heavy atom. The number of fused-ring (bicyclic) bond motifs is 3. The molecule has 0 saturated heterocycles. The maximum absolute atomic E-state index is 12.2. The van der Waals surface area contributed by atoms with E-state index in [1.165, 1.54) is 5.56 Å². The Hall–Kier alpha value is -2.46. The molecule has 28 heavy (non-hydrogen) atoms. The molecule has 0 unspecified atom stereocenters. The smallest absolute Gasteiger partial charge is 0.336 e. The van der Waals surface area contributed by atoms with E-state index in [-0.39, 0.29) is 5.63 Å². The number of nitrogens with zero attached hydrogens (tertiary/aromatic N) is 1. The number of rotatable bonds is 5. The number of para-hydroxylation sites is 1. The fourth-order valence-electron chi connectivity index (χ4n) is 3.90. The highest BCUT2D eigenvalue weighted by molar-refractivity contribution is 6.33. The lowest BCUT2D eigenvalue weighted by molar-refractivity contribution is 0.289. The summed E-state index contributed by atoms with van der Waals surface area (Å²) in [5, 5.41) is 1.48. The van der Waals surface area contributed by atoms with Gasteiger partial charge >= 0.3 is 5.63 Å². The van der Waals surface area contributed by atoms with E-state index >= 15 is 0 Å². The van der Waals surface area contributed by atoms with E-state index in [9.17, 15) is 4.79 Å². The first-order valence-corrected chi connectivity index (χ1v) is 10.2. The Balaban J connectivity index is 1.85. The third-order valence-corrected chi connectivity index (χ3v) is 5.63. The van der Waals surface area contributed by atoms with Gasteiger partial charge in [-0.05, 0) is 42.5 Å². The number of aryl methyl sites for hydroxylation is 2. The van der Waals surface area contributed by atoms with Crippen LogP contribution >= 0.6 is 11.6 Å². The van der Waals surface area contributed by atoms with Gasteiger partial charge in [-0.1, -0.05) is 50.1 Å². The van der Waals surface area contributed by atoms with Gasteiger partial charge in [0.1, 0.15) is 11.3 Å². The SMILES string of the molecule is CCCCc1cc(=O)oc2c3c(c(Cl)cc12)OCN(c1ccccc1CC)C3. The molecule has 4 rings (SSSR count). The van der Waals surface area contributed by atoms with Crippen molar-refractivity contribution >= 4 is 28.3 Å². The Morgan fingerprint density at radius 3 is 2.75 bits per heavy atom. The molecule has 0 amide bonds. The van der Waals surface area contributed by atoms with Crippen LogP contribution in [0.3, 0.4) is 0 Å². The minimum absolute atomic E-state index is 0.325. The first-order chi connectivity index (χ1) is 13.6. The fourth-order valence-corrected chi connectivity index (χ4v) is 4.18. The molecule has 0 saturated carbocycles. The van der Waals surface area contributed by atoms with Gasteiger partial charge in [-0.2, -0.15) is 0 Å². The molecule has 0 fully saturated rings. The summed E-state index contributed by atoms with van der Waals surface area (Å²) in [6.45, 7) is 5.28. The molecule has 5 heteroatoms. The molecule has 0 atom stereocenters.